The van der Waals surface area contributed by atoms with Crippen molar-refractivity contribution in [2.45, 2.75) is 19.8 Å². The molecule has 0 aliphatic rings. The van der Waals surface area contributed by atoms with Crippen molar-refractivity contribution >= 4 is 23.2 Å². The van der Waals surface area contributed by atoms with Crippen molar-refractivity contribution in [3.63, 3.8) is 0 Å². The molecule has 5 heteroatoms. The van der Waals surface area contributed by atoms with Crippen molar-refractivity contribution in [3.8, 4) is 5.75 Å². The van der Waals surface area contributed by atoms with E-state index in [1.54, 1.807) is 0 Å². The molecular formula is C11H12Cl2F2O. The van der Waals surface area contributed by atoms with Gasteiger partial charge in [-0.2, -0.15) is 0 Å². The van der Waals surface area contributed by atoms with E-state index in [0.717, 1.165) is 6.07 Å². The molecule has 0 bridgehead atoms. The Kier molecular flexibility index (Phi) is 4.02. The zero-order valence-corrected chi connectivity index (χ0v) is 10.7. The highest BCUT2D eigenvalue weighted by molar-refractivity contribution is 6.34. The summed E-state index contributed by atoms with van der Waals surface area (Å²) < 4.78 is 32.4. The Balaban J connectivity index is 3.31. The van der Waals surface area contributed by atoms with E-state index in [1.165, 1.54) is 27.0 Å². The maximum absolute atomic E-state index is 13.8. The highest BCUT2D eigenvalue weighted by Crippen LogP contribution is 2.43. The number of ether oxygens (including phenoxy) is 1. The molecule has 0 aromatic heterocycles. The predicted octanol–water partition coefficient (Wildman–Crippen LogP) is 4.75. The summed E-state index contributed by atoms with van der Waals surface area (Å²) in [4.78, 5) is 0. The lowest BCUT2D eigenvalue weighted by molar-refractivity contribution is -0.0512. The molecule has 1 aromatic rings. The summed E-state index contributed by atoms with van der Waals surface area (Å²) in [5.41, 5.74) is -0.269. The van der Waals surface area contributed by atoms with Crippen LogP contribution in [0, 0.1) is 5.92 Å². The van der Waals surface area contributed by atoms with E-state index in [2.05, 4.69) is 0 Å². The van der Waals surface area contributed by atoms with Crippen LogP contribution in [-0.2, 0) is 5.92 Å². The van der Waals surface area contributed by atoms with Crippen molar-refractivity contribution in [2.24, 2.45) is 5.92 Å². The first-order valence-corrected chi connectivity index (χ1v) is 5.47. The lowest BCUT2D eigenvalue weighted by Crippen LogP contribution is -2.21. The van der Waals surface area contributed by atoms with Gasteiger partial charge in [-0.25, -0.2) is 8.78 Å². The fourth-order valence-corrected chi connectivity index (χ4v) is 1.77. The van der Waals surface area contributed by atoms with E-state index in [1.807, 2.05) is 0 Å². The topological polar surface area (TPSA) is 9.23 Å². The van der Waals surface area contributed by atoms with Crippen LogP contribution in [0.3, 0.4) is 0 Å². The van der Waals surface area contributed by atoms with Gasteiger partial charge in [0.25, 0.3) is 5.92 Å². The smallest absolute Gasteiger partial charge is 0.276 e. The molecule has 0 saturated heterocycles. The SMILES string of the molecule is COc1cc(Cl)c(C(F)(F)C(C)C)cc1Cl. The van der Waals surface area contributed by atoms with Gasteiger partial charge in [-0.1, -0.05) is 37.0 Å². The molecule has 0 saturated carbocycles. The summed E-state index contributed by atoms with van der Waals surface area (Å²) >= 11 is 11.6. The van der Waals surface area contributed by atoms with Crippen molar-refractivity contribution in [2.75, 3.05) is 7.11 Å². The maximum atomic E-state index is 13.8. The molecule has 0 atom stereocenters. The lowest BCUT2D eigenvalue weighted by Gasteiger charge is -2.22. The Bertz CT molecular complexity index is 392. The van der Waals surface area contributed by atoms with Crippen molar-refractivity contribution in [1.29, 1.82) is 0 Å². The van der Waals surface area contributed by atoms with Gasteiger partial charge >= 0.3 is 0 Å². The number of methoxy groups -OCH3 is 1. The number of benzene rings is 1. The number of hydrogen-bond acceptors (Lipinski definition) is 1. The van der Waals surface area contributed by atoms with Gasteiger partial charge in [-0.05, 0) is 6.07 Å². The van der Waals surface area contributed by atoms with Crippen LogP contribution in [0.2, 0.25) is 10.0 Å². The molecule has 1 nitrogen and oxygen atoms in total. The first-order valence-electron chi connectivity index (χ1n) is 4.72. The summed E-state index contributed by atoms with van der Waals surface area (Å²) in [6, 6.07) is 2.46. The summed E-state index contributed by atoms with van der Waals surface area (Å²) in [6.45, 7) is 2.85. The van der Waals surface area contributed by atoms with Crippen LogP contribution in [0.4, 0.5) is 8.78 Å². The van der Waals surface area contributed by atoms with Crippen LogP contribution in [0.5, 0.6) is 5.75 Å². The summed E-state index contributed by atoms with van der Waals surface area (Å²) in [5, 5.41) is 0.0853. The van der Waals surface area contributed by atoms with Gasteiger partial charge in [0.1, 0.15) is 5.75 Å². The average Bonchev–Trinajstić information content (AvgIpc) is 2.20. The van der Waals surface area contributed by atoms with Crippen molar-refractivity contribution in [1.82, 2.24) is 0 Å². The van der Waals surface area contributed by atoms with E-state index in [9.17, 15) is 8.78 Å². The molecule has 16 heavy (non-hydrogen) atoms. The Hall–Kier alpha value is -0.540. The molecule has 0 N–H and O–H groups in total. The summed E-state index contributed by atoms with van der Waals surface area (Å²) in [5.74, 6) is -3.57. The summed E-state index contributed by atoms with van der Waals surface area (Å²) in [7, 11) is 1.40. The van der Waals surface area contributed by atoms with E-state index in [-0.39, 0.29) is 21.4 Å². The van der Waals surface area contributed by atoms with E-state index in [0.29, 0.717) is 0 Å². The van der Waals surface area contributed by atoms with Crippen LogP contribution < -0.4 is 4.74 Å². The maximum Gasteiger partial charge on any atom is 0.276 e. The van der Waals surface area contributed by atoms with E-state index in [4.69, 9.17) is 27.9 Å². The normalized spacial score (nSPS) is 12.0. The molecule has 0 unspecified atom stereocenters. The van der Waals surface area contributed by atoms with Gasteiger partial charge in [0.15, 0.2) is 0 Å². The van der Waals surface area contributed by atoms with Gasteiger partial charge in [-0.15, -0.1) is 0 Å². The number of halogens is 4. The highest BCUT2D eigenvalue weighted by Gasteiger charge is 2.38. The fraction of sp³-hybridized carbons (Fsp3) is 0.455. The minimum absolute atomic E-state index is 0.0417. The van der Waals surface area contributed by atoms with Crippen LogP contribution >= 0.6 is 23.2 Å². The second-order valence-corrected chi connectivity index (χ2v) is 4.56. The third-order valence-electron chi connectivity index (χ3n) is 2.33. The molecule has 0 aliphatic carbocycles. The monoisotopic (exact) mass is 268 g/mol. The third kappa shape index (κ3) is 2.41. The second kappa shape index (κ2) is 4.76. The first-order chi connectivity index (χ1) is 7.30. The Morgan fingerprint density at radius 3 is 2.19 bits per heavy atom. The van der Waals surface area contributed by atoms with Gasteiger partial charge in [-0.3, -0.25) is 0 Å². The Morgan fingerprint density at radius 1 is 1.19 bits per heavy atom. The number of rotatable bonds is 3. The zero-order chi connectivity index (χ0) is 12.5. The molecule has 0 aliphatic heterocycles. The molecular weight excluding hydrogens is 257 g/mol. The molecule has 90 valence electrons. The average molecular weight is 269 g/mol. The standard InChI is InChI=1S/C11H12Cl2F2O/c1-6(2)11(14,15)7-4-9(13)10(16-3)5-8(7)12/h4-6H,1-3H3. The van der Waals surface area contributed by atoms with Gasteiger partial charge in [0.05, 0.1) is 17.2 Å². The third-order valence-corrected chi connectivity index (χ3v) is 2.93. The fourth-order valence-electron chi connectivity index (χ4n) is 1.25. The second-order valence-electron chi connectivity index (χ2n) is 3.74. The quantitative estimate of drug-likeness (QED) is 0.769. The molecule has 0 amide bonds. The molecule has 0 heterocycles. The highest BCUT2D eigenvalue weighted by atomic mass is 35.5. The van der Waals surface area contributed by atoms with Gasteiger partial charge in [0, 0.05) is 17.5 Å². The van der Waals surface area contributed by atoms with E-state index >= 15 is 0 Å². The predicted molar refractivity (Wildman–Crippen MR) is 61.7 cm³/mol. The van der Waals surface area contributed by atoms with Gasteiger partial charge < -0.3 is 4.74 Å². The lowest BCUT2D eigenvalue weighted by atomic mass is 9.97. The molecule has 0 fully saturated rings. The first kappa shape index (κ1) is 13.5. The Labute approximate surface area is 103 Å². The number of alkyl halides is 2. The largest absolute Gasteiger partial charge is 0.495 e. The Morgan fingerprint density at radius 2 is 1.75 bits per heavy atom. The van der Waals surface area contributed by atoms with Crippen molar-refractivity contribution in [3.05, 3.63) is 27.7 Å². The minimum atomic E-state index is -3.01. The molecule has 1 rings (SSSR count). The molecule has 1 aromatic carbocycles. The van der Waals surface area contributed by atoms with Crippen molar-refractivity contribution < 1.29 is 13.5 Å². The summed E-state index contributed by atoms with van der Waals surface area (Å²) in [6.07, 6.45) is 0. The molecule has 0 radical (unpaired) electrons. The van der Waals surface area contributed by atoms with E-state index < -0.39 is 11.8 Å². The molecule has 0 spiro atoms. The number of hydrogen-bond donors (Lipinski definition) is 0. The van der Waals surface area contributed by atoms with Crippen LogP contribution in [0.1, 0.15) is 19.4 Å². The van der Waals surface area contributed by atoms with Crippen LogP contribution in [-0.4, -0.2) is 7.11 Å². The minimum Gasteiger partial charge on any atom is -0.495 e. The van der Waals surface area contributed by atoms with Crippen LogP contribution in [0.25, 0.3) is 0 Å². The zero-order valence-electron chi connectivity index (χ0n) is 9.15. The van der Waals surface area contributed by atoms with Gasteiger partial charge in [0.2, 0.25) is 0 Å². The van der Waals surface area contributed by atoms with Crippen LogP contribution in [0.15, 0.2) is 12.1 Å².